The summed E-state index contributed by atoms with van der Waals surface area (Å²) in [4.78, 5) is 32.9. The molecule has 3 heterocycles. The first-order valence-electron chi connectivity index (χ1n) is 11.5. The van der Waals surface area contributed by atoms with Crippen LogP contribution in [-0.4, -0.2) is 63.3 Å². The quantitative estimate of drug-likeness (QED) is 0.563. The minimum Gasteiger partial charge on any atom is -0.380 e. The highest BCUT2D eigenvalue weighted by molar-refractivity contribution is 5.94. The predicted molar refractivity (Wildman–Crippen MR) is 124 cm³/mol. The summed E-state index contributed by atoms with van der Waals surface area (Å²) in [6.07, 6.45) is 2.80. The molecule has 184 valence electrons. The zero-order chi connectivity index (χ0) is 25.2. The average Bonchev–Trinajstić information content (AvgIpc) is 3.31. The summed E-state index contributed by atoms with van der Waals surface area (Å²) in [5.74, 6) is -1.88. The van der Waals surface area contributed by atoms with Crippen molar-refractivity contribution in [3.63, 3.8) is 0 Å². The van der Waals surface area contributed by atoms with Gasteiger partial charge in [0, 0.05) is 45.1 Å². The van der Waals surface area contributed by atoms with Crippen molar-refractivity contribution in [2.75, 3.05) is 24.5 Å². The first-order valence-corrected chi connectivity index (χ1v) is 11.5. The molecule has 35 heavy (non-hydrogen) atoms. The molecule has 0 radical (unpaired) electrons. The molecule has 1 aromatic carbocycles. The normalized spacial score (nSPS) is 18.4. The molecule has 2 amide bonds. The molecule has 1 aromatic heterocycles. The molecule has 0 saturated carbocycles. The number of hydrogen-bond acceptors (Lipinski definition) is 7. The highest BCUT2D eigenvalue weighted by Gasteiger charge is 2.45. The number of nitriles is 1. The minimum absolute atomic E-state index is 0.116. The number of benzene rings is 1. The van der Waals surface area contributed by atoms with Crippen LogP contribution in [0.25, 0.3) is 0 Å². The van der Waals surface area contributed by atoms with Crippen LogP contribution in [-0.2, 0) is 22.7 Å². The Balaban J connectivity index is 1.28. The summed E-state index contributed by atoms with van der Waals surface area (Å²) < 4.78 is 13.4. The van der Waals surface area contributed by atoms with Crippen LogP contribution >= 0.6 is 0 Å². The van der Waals surface area contributed by atoms with E-state index in [2.05, 4.69) is 10.3 Å². The van der Waals surface area contributed by atoms with Crippen molar-refractivity contribution in [2.24, 2.45) is 5.92 Å². The number of aliphatic hydroxyl groups excluding tert-OH is 1. The van der Waals surface area contributed by atoms with Gasteiger partial charge in [-0.15, -0.1) is 0 Å². The lowest BCUT2D eigenvalue weighted by molar-refractivity contribution is -0.166. The molecule has 2 aliphatic heterocycles. The molecule has 0 spiro atoms. The van der Waals surface area contributed by atoms with Crippen LogP contribution in [0.2, 0.25) is 0 Å². The van der Waals surface area contributed by atoms with Crippen LogP contribution in [0.1, 0.15) is 36.5 Å². The Morgan fingerprint density at radius 3 is 2.69 bits per heavy atom. The number of carbonyl (C=O) groups excluding carboxylic acids is 2. The first-order chi connectivity index (χ1) is 16.7. The smallest absolute Gasteiger partial charge is 0.255 e. The average molecular weight is 482 g/mol. The lowest BCUT2D eigenvalue weighted by Crippen LogP contribution is -2.58. The van der Waals surface area contributed by atoms with Gasteiger partial charge >= 0.3 is 0 Å². The van der Waals surface area contributed by atoms with Gasteiger partial charge in [0.05, 0.1) is 11.3 Å². The third-order valence-corrected chi connectivity index (χ3v) is 6.85. The minimum atomic E-state index is -2.29. The van der Waals surface area contributed by atoms with Crippen molar-refractivity contribution >= 4 is 17.5 Å². The van der Waals surface area contributed by atoms with E-state index in [1.807, 2.05) is 11.0 Å². The number of carbonyl (C=O) groups is 2. The molecule has 3 N–H and O–H groups in total. The number of hydrogen-bond donors (Lipinski definition) is 3. The molecule has 1 fully saturated rings. The van der Waals surface area contributed by atoms with Crippen LogP contribution in [0.5, 0.6) is 0 Å². The lowest BCUT2D eigenvalue weighted by atomic mass is 9.93. The highest BCUT2D eigenvalue weighted by Crippen LogP contribution is 2.27. The summed E-state index contributed by atoms with van der Waals surface area (Å²) >= 11 is 0. The number of piperidine rings is 1. The van der Waals surface area contributed by atoms with Gasteiger partial charge in [0.25, 0.3) is 11.8 Å². The zero-order valence-electron chi connectivity index (χ0n) is 19.4. The van der Waals surface area contributed by atoms with Gasteiger partial charge in [-0.2, -0.15) is 5.26 Å². The van der Waals surface area contributed by atoms with E-state index in [0.717, 1.165) is 18.1 Å². The Kier molecular flexibility index (Phi) is 7.00. The van der Waals surface area contributed by atoms with E-state index in [9.17, 15) is 29.5 Å². The summed E-state index contributed by atoms with van der Waals surface area (Å²) in [6.45, 7) is 3.21. The molecule has 1 saturated heterocycles. The monoisotopic (exact) mass is 481 g/mol. The van der Waals surface area contributed by atoms with Gasteiger partial charge in [-0.1, -0.05) is 0 Å². The number of amides is 2. The van der Waals surface area contributed by atoms with E-state index in [-0.39, 0.29) is 31.1 Å². The first kappa shape index (κ1) is 24.6. The van der Waals surface area contributed by atoms with Gasteiger partial charge in [-0.05, 0) is 61.1 Å². The van der Waals surface area contributed by atoms with E-state index in [0.29, 0.717) is 31.6 Å². The van der Waals surface area contributed by atoms with Crippen molar-refractivity contribution in [3.8, 4) is 6.07 Å². The number of halogens is 1. The number of nitrogens with zero attached hydrogens (tertiary/aromatic N) is 4. The lowest BCUT2D eigenvalue weighted by Gasteiger charge is -2.35. The van der Waals surface area contributed by atoms with Gasteiger partial charge in [0.2, 0.25) is 0 Å². The van der Waals surface area contributed by atoms with E-state index < -0.39 is 29.3 Å². The van der Waals surface area contributed by atoms with Gasteiger partial charge in [-0.25, -0.2) is 4.39 Å². The summed E-state index contributed by atoms with van der Waals surface area (Å²) in [5, 5.41) is 33.2. The van der Waals surface area contributed by atoms with Crippen molar-refractivity contribution < 1.29 is 24.2 Å². The fourth-order valence-corrected chi connectivity index (χ4v) is 4.58. The van der Waals surface area contributed by atoms with Gasteiger partial charge in [0.15, 0.2) is 11.7 Å². The molecular formula is C25H28FN5O4. The maximum atomic E-state index is 13.4. The summed E-state index contributed by atoms with van der Waals surface area (Å²) in [6, 6.07) is 7.96. The Morgan fingerprint density at radius 1 is 1.29 bits per heavy atom. The highest BCUT2D eigenvalue weighted by atomic mass is 19.1. The fraction of sp³-hybridized carbons (Fsp3) is 0.440. The molecule has 0 unspecified atom stereocenters. The zero-order valence-corrected chi connectivity index (χ0v) is 19.4. The van der Waals surface area contributed by atoms with Crippen molar-refractivity contribution in [3.05, 3.63) is 59.2 Å². The second-order valence-corrected chi connectivity index (χ2v) is 9.30. The Labute approximate surface area is 202 Å². The second-order valence-electron chi connectivity index (χ2n) is 9.30. The summed E-state index contributed by atoms with van der Waals surface area (Å²) in [5.41, 5.74) is 0.454. The Hall–Kier alpha value is -3.55. The van der Waals surface area contributed by atoms with E-state index in [4.69, 9.17) is 0 Å². The fourth-order valence-electron chi connectivity index (χ4n) is 4.58. The van der Waals surface area contributed by atoms with E-state index >= 15 is 0 Å². The van der Waals surface area contributed by atoms with Crippen LogP contribution in [0.15, 0.2) is 36.7 Å². The maximum Gasteiger partial charge on any atom is 0.255 e. The van der Waals surface area contributed by atoms with Crippen molar-refractivity contribution in [1.29, 1.82) is 5.26 Å². The van der Waals surface area contributed by atoms with Gasteiger partial charge < -0.3 is 25.3 Å². The van der Waals surface area contributed by atoms with Gasteiger partial charge in [0.1, 0.15) is 11.9 Å². The van der Waals surface area contributed by atoms with Crippen molar-refractivity contribution in [2.45, 2.75) is 44.6 Å². The summed E-state index contributed by atoms with van der Waals surface area (Å²) in [7, 11) is 0. The predicted octanol–water partition coefficient (Wildman–Crippen LogP) is 1.08. The number of aliphatic hydroxyl groups is 2. The Morgan fingerprint density at radius 2 is 2.00 bits per heavy atom. The molecule has 4 rings (SSSR count). The number of fused-ring (bicyclic) bond motifs is 1. The molecule has 2 aromatic rings. The molecule has 0 bridgehead atoms. The SMILES string of the molecule is C[C@](O)(C(=O)NCC1CCN(c2ccc(F)cc2C#N)CC1)[C@@H](O)C(=O)N1Cc2ccncc2C1. The molecular weight excluding hydrogens is 453 g/mol. The number of nitrogens with one attached hydrogen (secondary N) is 1. The van der Waals surface area contributed by atoms with E-state index in [1.165, 1.54) is 17.0 Å². The third kappa shape index (κ3) is 5.11. The van der Waals surface area contributed by atoms with Crippen LogP contribution < -0.4 is 10.2 Å². The number of rotatable bonds is 6. The van der Waals surface area contributed by atoms with Crippen LogP contribution in [0.3, 0.4) is 0 Å². The number of aromatic nitrogens is 1. The molecule has 2 atom stereocenters. The number of anilines is 1. The van der Waals surface area contributed by atoms with Crippen LogP contribution in [0.4, 0.5) is 10.1 Å². The standard InChI is InChI=1S/C25H28FN5O4/c1-25(35,22(32)23(33)31-14-17-4-7-28-13-19(17)15-31)24(34)29-12-16-5-8-30(9-6-16)21-3-2-20(26)10-18(21)11-27/h2-4,7,10,13,16,22,32,35H,5-6,8-9,12,14-15H2,1H3,(H,29,34)/t22-,25+/m0/s1. The van der Waals surface area contributed by atoms with Crippen LogP contribution in [0, 0.1) is 23.1 Å². The van der Waals surface area contributed by atoms with Gasteiger partial charge in [-0.3, -0.25) is 14.6 Å². The molecule has 9 nitrogen and oxygen atoms in total. The Bertz CT molecular complexity index is 1130. The molecule has 0 aliphatic carbocycles. The molecule has 2 aliphatic rings. The topological polar surface area (TPSA) is 130 Å². The number of pyridine rings is 1. The largest absolute Gasteiger partial charge is 0.380 e. The second kappa shape index (κ2) is 9.98. The molecule has 10 heteroatoms. The van der Waals surface area contributed by atoms with E-state index in [1.54, 1.807) is 24.5 Å². The maximum absolute atomic E-state index is 13.4. The van der Waals surface area contributed by atoms with Crippen molar-refractivity contribution in [1.82, 2.24) is 15.2 Å². The third-order valence-electron chi connectivity index (χ3n) is 6.85.